The number of nitrogens with zero attached hydrogens (tertiary/aromatic N) is 2. The van der Waals surface area contributed by atoms with E-state index in [0.29, 0.717) is 0 Å². The average Bonchev–Trinajstić information content (AvgIpc) is 3.04. The Balaban J connectivity index is 1.65. The van der Waals surface area contributed by atoms with E-state index < -0.39 is 0 Å². The van der Waals surface area contributed by atoms with Crippen LogP contribution in [-0.2, 0) is 0 Å². The second kappa shape index (κ2) is 7.43. The lowest BCUT2D eigenvalue weighted by Crippen LogP contribution is -2.38. The molecule has 0 radical (unpaired) electrons. The van der Waals surface area contributed by atoms with Crippen LogP contribution in [0.5, 0.6) is 0 Å². The molecule has 0 aromatic heterocycles. The van der Waals surface area contributed by atoms with Gasteiger partial charge in [0.25, 0.3) is 0 Å². The summed E-state index contributed by atoms with van der Waals surface area (Å²) in [6.45, 7) is 9.55. The molecule has 4 heteroatoms. The van der Waals surface area contributed by atoms with Crippen LogP contribution in [0.25, 0.3) is 0 Å². The first kappa shape index (κ1) is 14.3. The summed E-state index contributed by atoms with van der Waals surface area (Å²) < 4.78 is 0. The number of hydrogen-bond acceptors (Lipinski definition) is 4. The first-order valence-electron chi connectivity index (χ1n) is 7.64. The fraction of sp³-hybridized carbons (Fsp3) is 1.00. The second-order valence-electron chi connectivity index (χ2n) is 5.71. The Hall–Kier alpha value is -0.160. The van der Waals surface area contributed by atoms with Crippen molar-refractivity contribution in [3.8, 4) is 0 Å². The average molecular weight is 255 g/mol. The van der Waals surface area contributed by atoms with Crippen molar-refractivity contribution in [1.29, 1.82) is 0 Å². The predicted octanol–water partition coefficient (Wildman–Crippen LogP) is 0.517. The predicted molar refractivity (Wildman–Crippen MR) is 74.8 cm³/mol. The summed E-state index contributed by atoms with van der Waals surface area (Å²) in [6.07, 6.45) is 5.19. The molecule has 18 heavy (non-hydrogen) atoms. The van der Waals surface area contributed by atoms with Gasteiger partial charge in [-0.2, -0.15) is 0 Å². The Labute approximate surface area is 111 Å². The first-order chi connectivity index (χ1) is 8.83. The van der Waals surface area contributed by atoms with Crippen molar-refractivity contribution in [2.45, 2.75) is 44.7 Å². The molecule has 4 nitrogen and oxygen atoms in total. The van der Waals surface area contributed by atoms with Crippen LogP contribution in [0.4, 0.5) is 0 Å². The Bertz CT molecular complexity index is 231. The minimum atomic E-state index is 0.261. The third-order valence-electron chi connectivity index (χ3n) is 4.41. The lowest BCUT2D eigenvalue weighted by atomic mass is 10.2. The molecular weight excluding hydrogens is 226 g/mol. The van der Waals surface area contributed by atoms with E-state index in [4.69, 9.17) is 0 Å². The zero-order valence-corrected chi connectivity index (χ0v) is 11.8. The summed E-state index contributed by atoms with van der Waals surface area (Å²) in [5.41, 5.74) is 0. The maximum Gasteiger partial charge on any atom is 0.0585 e. The van der Waals surface area contributed by atoms with E-state index >= 15 is 0 Å². The van der Waals surface area contributed by atoms with E-state index in [2.05, 4.69) is 22.0 Å². The summed E-state index contributed by atoms with van der Waals surface area (Å²) >= 11 is 0. The minimum absolute atomic E-state index is 0.261. The van der Waals surface area contributed by atoms with Crippen molar-refractivity contribution in [2.24, 2.45) is 0 Å². The van der Waals surface area contributed by atoms with Gasteiger partial charge in [0.15, 0.2) is 0 Å². The van der Waals surface area contributed by atoms with Gasteiger partial charge in [-0.3, -0.25) is 4.90 Å². The van der Waals surface area contributed by atoms with Gasteiger partial charge in [0.05, 0.1) is 6.61 Å². The largest absolute Gasteiger partial charge is 0.395 e. The van der Waals surface area contributed by atoms with E-state index in [0.717, 1.165) is 25.6 Å². The molecule has 0 bridgehead atoms. The summed E-state index contributed by atoms with van der Waals surface area (Å²) in [6, 6.07) is 1.08. The molecule has 0 aliphatic carbocycles. The smallest absolute Gasteiger partial charge is 0.0585 e. The maximum atomic E-state index is 9.27. The van der Waals surface area contributed by atoms with Crippen LogP contribution >= 0.6 is 0 Å². The van der Waals surface area contributed by atoms with Gasteiger partial charge in [0, 0.05) is 18.6 Å². The highest BCUT2D eigenvalue weighted by Crippen LogP contribution is 2.20. The summed E-state index contributed by atoms with van der Waals surface area (Å²) in [5.74, 6) is 0. The quantitative estimate of drug-likeness (QED) is 0.695. The highest BCUT2D eigenvalue weighted by Gasteiger charge is 2.29. The van der Waals surface area contributed by atoms with Crippen LogP contribution in [0.1, 0.15) is 32.6 Å². The number of nitrogens with one attached hydrogen (secondary N) is 1. The van der Waals surface area contributed by atoms with Crippen molar-refractivity contribution < 1.29 is 5.11 Å². The Morgan fingerprint density at radius 2 is 2.06 bits per heavy atom. The molecular formula is C14H29N3O. The molecule has 0 aromatic carbocycles. The van der Waals surface area contributed by atoms with Gasteiger partial charge >= 0.3 is 0 Å². The van der Waals surface area contributed by atoms with E-state index in [1.165, 1.54) is 45.4 Å². The number of likely N-dealkylation sites (tertiary alicyclic amines) is 2. The molecule has 2 N–H and O–H groups in total. The highest BCUT2D eigenvalue weighted by atomic mass is 16.3. The molecule has 0 aromatic rings. The topological polar surface area (TPSA) is 38.7 Å². The fourth-order valence-corrected chi connectivity index (χ4v) is 3.31. The van der Waals surface area contributed by atoms with E-state index in [1.54, 1.807) is 0 Å². The van der Waals surface area contributed by atoms with Crippen molar-refractivity contribution in [3.63, 3.8) is 0 Å². The molecule has 0 saturated carbocycles. The fourth-order valence-electron chi connectivity index (χ4n) is 3.31. The van der Waals surface area contributed by atoms with Crippen molar-refractivity contribution in [3.05, 3.63) is 0 Å². The maximum absolute atomic E-state index is 9.27. The zero-order chi connectivity index (χ0) is 12.8. The molecule has 2 aliphatic rings. The van der Waals surface area contributed by atoms with E-state index in [1.807, 2.05) is 0 Å². The second-order valence-corrected chi connectivity index (χ2v) is 5.71. The third kappa shape index (κ3) is 3.92. The third-order valence-corrected chi connectivity index (χ3v) is 4.41. The van der Waals surface area contributed by atoms with Crippen LogP contribution in [0.3, 0.4) is 0 Å². The molecule has 2 saturated heterocycles. The van der Waals surface area contributed by atoms with Gasteiger partial charge < -0.3 is 15.3 Å². The van der Waals surface area contributed by atoms with Gasteiger partial charge in [-0.25, -0.2) is 0 Å². The summed E-state index contributed by atoms with van der Waals surface area (Å²) in [4.78, 5) is 5.25. The molecule has 106 valence electrons. The number of aliphatic hydroxyl groups is 1. The summed E-state index contributed by atoms with van der Waals surface area (Å²) in [5, 5.41) is 12.6. The van der Waals surface area contributed by atoms with Crippen molar-refractivity contribution in [2.75, 3.05) is 45.9 Å². The van der Waals surface area contributed by atoms with Crippen molar-refractivity contribution in [1.82, 2.24) is 15.1 Å². The molecule has 2 unspecified atom stereocenters. The molecule has 2 atom stereocenters. The van der Waals surface area contributed by atoms with Crippen molar-refractivity contribution >= 4 is 0 Å². The van der Waals surface area contributed by atoms with E-state index in [9.17, 15) is 5.11 Å². The Kier molecular flexibility index (Phi) is 5.89. The number of hydrogen-bond donors (Lipinski definition) is 2. The molecule has 0 spiro atoms. The van der Waals surface area contributed by atoms with Gasteiger partial charge in [0.2, 0.25) is 0 Å². The molecule has 2 heterocycles. The molecule has 2 rings (SSSR count). The summed E-state index contributed by atoms with van der Waals surface area (Å²) in [7, 11) is 0. The Morgan fingerprint density at radius 3 is 2.72 bits per heavy atom. The normalized spacial score (nSPS) is 28.0. The highest BCUT2D eigenvalue weighted by molar-refractivity contribution is 4.86. The van der Waals surface area contributed by atoms with Crippen LogP contribution in [0.2, 0.25) is 0 Å². The van der Waals surface area contributed by atoms with Gasteiger partial charge in [-0.15, -0.1) is 0 Å². The van der Waals surface area contributed by atoms with Gasteiger partial charge in [-0.05, 0) is 58.4 Å². The molecule has 0 amide bonds. The first-order valence-corrected chi connectivity index (χ1v) is 7.64. The van der Waals surface area contributed by atoms with Crippen LogP contribution < -0.4 is 5.32 Å². The molecule has 2 fully saturated rings. The van der Waals surface area contributed by atoms with E-state index in [-0.39, 0.29) is 12.6 Å². The number of likely N-dealkylation sites (N-methyl/N-ethyl adjacent to an activating group) is 1. The van der Waals surface area contributed by atoms with Crippen LogP contribution in [0.15, 0.2) is 0 Å². The lowest BCUT2D eigenvalue weighted by Gasteiger charge is -2.24. The Morgan fingerprint density at radius 1 is 1.28 bits per heavy atom. The van der Waals surface area contributed by atoms with Gasteiger partial charge in [-0.1, -0.05) is 6.92 Å². The molecule has 2 aliphatic heterocycles. The minimum Gasteiger partial charge on any atom is -0.395 e. The standard InChI is InChI=1S/C14H29N3O/c1-2-15-13(12-18)5-9-16-10-6-14(11-16)17-7-3-4-8-17/h13-15,18H,2-12H2,1H3. The zero-order valence-electron chi connectivity index (χ0n) is 11.8. The lowest BCUT2D eigenvalue weighted by molar-refractivity contribution is 0.206. The monoisotopic (exact) mass is 255 g/mol. The van der Waals surface area contributed by atoms with Gasteiger partial charge in [0.1, 0.15) is 0 Å². The van der Waals surface area contributed by atoms with Crippen LogP contribution in [-0.4, -0.2) is 72.9 Å². The SMILES string of the molecule is CCNC(CO)CCN1CCC(N2CCCC2)C1. The number of rotatable bonds is 7. The van der Waals surface area contributed by atoms with Crippen LogP contribution in [0, 0.1) is 0 Å². The number of aliphatic hydroxyl groups excluding tert-OH is 1.